The van der Waals surface area contributed by atoms with Gasteiger partial charge in [-0.25, -0.2) is 9.97 Å². The molecular formula is C22H21N5OS. The van der Waals surface area contributed by atoms with Crippen LogP contribution in [0.3, 0.4) is 0 Å². The monoisotopic (exact) mass is 403 g/mol. The minimum Gasteiger partial charge on any atom is -0.353 e. The number of hydrogen-bond acceptors (Lipinski definition) is 5. The Morgan fingerprint density at radius 2 is 2.03 bits per heavy atom. The number of carbonyl (C=O) groups is 1. The highest BCUT2D eigenvalue weighted by atomic mass is 32.1. The highest BCUT2D eigenvalue weighted by Gasteiger charge is 2.27. The summed E-state index contributed by atoms with van der Waals surface area (Å²) in [4.78, 5) is 24.2. The summed E-state index contributed by atoms with van der Waals surface area (Å²) in [5.74, 6) is 0.868. The van der Waals surface area contributed by atoms with E-state index in [1.807, 2.05) is 61.1 Å². The fourth-order valence-electron chi connectivity index (χ4n) is 3.80. The molecule has 146 valence electrons. The van der Waals surface area contributed by atoms with Crippen LogP contribution in [0.1, 0.15) is 22.6 Å². The van der Waals surface area contributed by atoms with Gasteiger partial charge < -0.3 is 14.6 Å². The van der Waals surface area contributed by atoms with E-state index in [-0.39, 0.29) is 11.9 Å². The van der Waals surface area contributed by atoms with Crippen LogP contribution < -0.4 is 10.2 Å². The van der Waals surface area contributed by atoms with Crippen LogP contribution in [0.25, 0.3) is 16.1 Å². The van der Waals surface area contributed by atoms with Gasteiger partial charge in [0.2, 0.25) is 0 Å². The van der Waals surface area contributed by atoms with Gasteiger partial charge in [-0.1, -0.05) is 30.3 Å². The van der Waals surface area contributed by atoms with Crippen molar-refractivity contribution in [3.05, 3.63) is 71.6 Å². The first-order chi connectivity index (χ1) is 14.2. The summed E-state index contributed by atoms with van der Waals surface area (Å²) in [5, 5.41) is 5.84. The lowest BCUT2D eigenvalue weighted by atomic mass is 10.2. The van der Waals surface area contributed by atoms with Gasteiger partial charge in [-0.2, -0.15) is 0 Å². The van der Waals surface area contributed by atoms with Crippen LogP contribution in [0, 0.1) is 6.92 Å². The molecule has 29 heavy (non-hydrogen) atoms. The molecule has 1 aliphatic rings. The highest BCUT2D eigenvalue weighted by Crippen LogP contribution is 2.26. The molecule has 0 radical (unpaired) electrons. The van der Waals surface area contributed by atoms with Crippen molar-refractivity contribution in [3.63, 3.8) is 0 Å². The molecule has 1 aromatic carbocycles. The maximum atomic E-state index is 12.7. The normalized spacial score (nSPS) is 16.4. The van der Waals surface area contributed by atoms with Gasteiger partial charge in [0.25, 0.3) is 5.91 Å². The van der Waals surface area contributed by atoms with Crippen LogP contribution in [0.5, 0.6) is 0 Å². The molecule has 1 saturated heterocycles. The van der Waals surface area contributed by atoms with Gasteiger partial charge in [0.05, 0.1) is 11.2 Å². The first kappa shape index (κ1) is 17.9. The number of rotatable bonds is 4. The molecule has 3 aromatic heterocycles. The zero-order chi connectivity index (χ0) is 19.8. The van der Waals surface area contributed by atoms with Gasteiger partial charge in [0.15, 0.2) is 5.82 Å². The molecule has 4 aromatic rings. The molecule has 1 aliphatic heterocycles. The van der Waals surface area contributed by atoms with E-state index in [1.54, 1.807) is 0 Å². The molecule has 7 heteroatoms. The Balaban J connectivity index is 1.28. The SMILES string of the molecule is Cc1cn2cccc2c(N2CC[C@H](NC(=O)c3csc(-c4ccccc4)n3)C2)n1. The summed E-state index contributed by atoms with van der Waals surface area (Å²) in [5.41, 5.74) is 3.59. The van der Waals surface area contributed by atoms with Gasteiger partial charge in [0, 0.05) is 42.5 Å². The summed E-state index contributed by atoms with van der Waals surface area (Å²) in [6.45, 7) is 3.62. The van der Waals surface area contributed by atoms with E-state index >= 15 is 0 Å². The molecule has 4 heterocycles. The zero-order valence-electron chi connectivity index (χ0n) is 16.1. The maximum Gasteiger partial charge on any atom is 0.271 e. The van der Waals surface area contributed by atoms with Crippen molar-refractivity contribution in [3.8, 4) is 10.6 Å². The van der Waals surface area contributed by atoms with Crippen molar-refractivity contribution >= 4 is 28.6 Å². The number of nitrogens with one attached hydrogen (secondary N) is 1. The molecule has 0 unspecified atom stereocenters. The summed E-state index contributed by atoms with van der Waals surface area (Å²) >= 11 is 1.50. The van der Waals surface area contributed by atoms with E-state index < -0.39 is 0 Å². The second kappa shape index (κ2) is 7.33. The number of hydrogen-bond donors (Lipinski definition) is 1. The molecule has 1 amide bonds. The second-order valence-electron chi connectivity index (χ2n) is 7.32. The fraction of sp³-hybridized carbons (Fsp3) is 0.227. The number of anilines is 1. The average molecular weight is 404 g/mol. The lowest BCUT2D eigenvalue weighted by molar-refractivity contribution is 0.0936. The van der Waals surface area contributed by atoms with Crippen molar-refractivity contribution < 1.29 is 4.79 Å². The van der Waals surface area contributed by atoms with Crippen LogP contribution in [0.15, 0.2) is 60.2 Å². The van der Waals surface area contributed by atoms with Gasteiger partial charge in [-0.3, -0.25) is 4.79 Å². The molecular weight excluding hydrogens is 382 g/mol. The average Bonchev–Trinajstić information content (AvgIpc) is 3.48. The molecule has 0 bridgehead atoms. The molecule has 1 N–H and O–H groups in total. The Bertz CT molecular complexity index is 1170. The quantitative estimate of drug-likeness (QED) is 0.563. The molecule has 0 aliphatic carbocycles. The van der Waals surface area contributed by atoms with Crippen LogP contribution in [0.4, 0.5) is 5.82 Å². The summed E-state index contributed by atoms with van der Waals surface area (Å²) in [6.07, 6.45) is 4.96. The largest absolute Gasteiger partial charge is 0.353 e. The van der Waals surface area contributed by atoms with Crippen LogP contribution in [0.2, 0.25) is 0 Å². The van der Waals surface area contributed by atoms with Gasteiger partial charge >= 0.3 is 0 Å². The van der Waals surface area contributed by atoms with Gasteiger partial charge in [-0.15, -0.1) is 11.3 Å². The Hall–Kier alpha value is -3.19. The predicted octanol–water partition coefficient (Wildman–Crippen LogP) is 3.77. The molecule has 0 spiro atoms. The molecule has 6 nitrogen and oxygen atoms in total. The topological polar surface area (TPSA) is 62.5 Å². The van der Waals surface area contributed by atoms with Crippen LogP contribution >= 0.6 is 11.3 Å². The lowest BCUT2D eigenvalue weighted by Crippen LogP contribution is -2.37. The number of nitrogens with zero attached hydrogens (tertiary/aromatic N) is 4. The smallest absolute Gasteiger partial charge is 0.271 e. The second-order valence-corrected chi connectivity index (χ2v) is 8.17. The van der Waals surface area contributed by atoms with E-state index in [2.05, 4.69) is 25.7 Å². The number of aryl methyl sites for hydroxylation is 1. The molecule has 1 atom stereocenters. The number of carbonyl (C=O) groups excluding carboxylic acids is 1. The third-order valence-corrected chi connectivity index (χ3v) is 6.09. The Kier molecular flexibility index (Phi) is 4.52. The minimum atomic E-state index is -0.111. The Morgan fingerprint density at radius 3 is 2.90 bits per heavy atom. The first-order valence-electron chi connectivity index (χ1n) is 9.68. The predicted molar refractivity (Wildman–Crippen MR) is 116 cm³/mol. The summed E-state index contributed by atoms with van der Waals surface area (Å²) < 4.78 is 2.10. The number of amides is 1. The minimum absolute atomic E-state index is 0.0849. The summed E-state index contributed by atoms with van der Waals surface area (Å²) in [7, 11) is 0. The zero-order valence-corrected chi connectivity index (χ0v) is 16.9. The van der Waals surface area contributed by atoms with Crippen molar-refractivity contribution in [2.24, 2.45) is 0 Å². The lowest BCUT2D eigenvalue weighted by Gasteiger charge is -2.19. The van der Waals surface area contributed by atoms with Crippen LogP contribution in [-0.4, -0.2) is 39.4 Å². The van der Waals surface area contributed by atoms with Crippen molar-refractivity contribution in [1.82, 2.24) is 19.7 Å². The molecule has 5 rings (SSSR count). The van der Waals surface area contributed by atoms with E-state index in [1.165, 1.54) is 11.3 Å². The number of benzene rings is 1. The highest BCUT2D eigenvalue weighted by molar-refractivity contribution is 7.13. The third-order valence-electron chi connectivity index (χ3n) is 5.20. The standard InChI is InChI=1S/C22H21N5OS/c1-15-12-26-10-5-8-19(26)20(23-15)27-11-9-17(13-27)24-21(28)18-14-29-22(25-18)16-6-3-2-4-7-16/h2-8,10,12,14,17H,9,11,13H2,1H3,(H,24,28)/t17-/m0/s1. The van der Waals surface area contributed by atoms with Gasteiger partial charge in [-0.05, 0) is 25.5 Å². The molecule has 1 fully saturated rings. The number of thiazole rings is 1. The Morgan fingerprint density at radius 1 is 1.17 bits per heavy atom. The fourth-order valence-corrected chi connectivity index (χ4v) is 4.61. The number of aromatic nitrogens is 3. The maximum absolute atomic E-state index is 12.7. The van der Waals surface area contributed by atoms with Crippen molar-refractivity contribution in [2.45, 2.75) is 19.4 Å². The van der Waals surface area contributed by atoms with E-state index in [0.717, 1.165) is 47.1 Å². The van der Waals surface area contributed by atoms with Crippen molar-refractivity contribution in [1.29, 1.82) is 0 Å². The van der Waals surface area contributed by atoms with Crippen LogP contribution in [-0.2, 0) is 0 Å². The Labute approximate surface area is 172 Å². The third kappa shape index (κ3) is 3.49. The first-order valence-corrected chi connectivity index (χ1v) is 10.6. The van der Waals surface area contributed by atoms with E-state index in [4.69, 9.17) is 4.98 Å². The van der Waals surface area contributed by atoms with E-state index in [0.29, 0.717) is 5.69 Å². The molecule has 0 saturated carbocycles. The number of fused-ring (bicyclic) bond motifs is 1. The summed E-state index contributed by atoms with van der Waals surface area (Å²) in [6, 6.07) is 14.1. The van der Waals surface area contributed by atoms with Gasteiger partial charge in [0.1, 0.15) is 10.7 Å². The van der Waals surface area contributed by atoms with E-state index in [9.17, 15) is 4.79 Å². The van der Waals surface area contributed by atoms with Crippen molar-refractivity contribution in [2.75, 3.05) is 18.0 Å².